The number of amides is 1. The molecule has 0 N–H and O–H groups in total. The summed E-state index contributed by atoms with van der Waals surface area (Å²) < 4.78 is 44.2. The zero-order valence-corrected chi connectivity index (χ0v) is 15.8. The van der Waals surface area contributed by atoms with E-state index < -0.39 is 16.0 Å². The van der Waals surface area contributed by atoms with E-state index in [0.717, 1.165) is 25.3 Å². The van der Waals surface area contributed by atoms with Crippen molar-refractivity contribution in [2.75, 3.05) is 39.6 Å². The predicted octanol–water partition coefficient (Wildman–Crippen LogP) is 1.12. The van der Waals surface area contributed by atoms with E-state index in [1.54, 1.807) is 12.0 Å². The minimum absolute atomic E-state index is 0.132. The van der Waals surface area contributed by atoms with E-state index in [9.17, 15) is 17.6 Å². The highest BCUT2D eigenvalue weighted by Crippen LogP contribution is 2.44. The molecule has 1 aromatic heterocycles. The van der Waals surface area contributed by atoms with Crippen LogP contribution < -0.4 is 0 Å². The Morgan fingerprint density at radius 3 is 2.69 bits per heavy atom. The summed E-state index contributed by atoms with van der Waals surface area (Å²) >= 11 is 0. The van der Waals surface area contributed by atoms with Crippen molar-refractivity contribution in [1.29, 1.82) is 0 Å². The summed E-state index contributed by atoms with van der Waals surface area (Å²) in [6, 6.07) is 2.49. The second-order valence-electron chi connectivity index (χ2n) is 7.28. The molecule has 0 saturated carbocycles. The van der Waals surface area contributed by atoms with Crippen molar-refractivity contribution in [2.24, 2.45) is 5.41 Å². The van der Waals surface area contributed by atoms with Gasteiger partial charge in [-0.15, -0.1) is 0 Å². The molecule has 0 bridgehead atoms. The lowest BCUT2D eigenvalue weighted by Gasteiger charge is -2.39. The molecule has 1 aromatic rings. The Hall–Kier alpha value is -1.58. The van der Waals surface area contributed by atoms with Crippen molar-refractivity contribution in [3.8, 4) is 0 Å². The number of rotatable bonds is 4. The van der Waals surface area contributed by atoms with Gasteiger partial charge in [-0.25, -0.2) is 13.4 Å². The van der Waals surface area contributed by atoms with Crippen LogP contribution in [-0.4, -0.2) is 74.2 Å². The standard InChI is InChI=1S/C17H24FN3O4S/c1-25-11-14-10-17(12-21(14)26(2,23)24)4-7-20(8-5-17)16(22)13-3-6-19-15(18)9-13/h3,6,9,14H,4-5,7-8,10-12H2,1-2H3/t14-/m0/s1. The van der Waals surface area contributed by atoms with Gasteiger partial charge in [-0.2, -0.15) is 8.70 Å². The molecule has 3 rings (SSSR count). The molecule has 1 atom stereocenters. The van der Waals surface area contributed by atoms with E-state index in [1.165, 1.54) is 22.8 Å². The largest absolute Gasteiger partial charge is 0.383 e. The van der Waals surface area contributed by atoms with Gasteiger partial charge in [0.05, 0.1) is 12.9 Å². The SMILES string of the molecule is COC[C@@H]1CC2(CCN(C(=O)c3ccnc(F)c3)CC2)CN1S(C)(=O)=O. The van der Waals surface area contributed by atoms with Crippen LogP contribution in [0.1, 0.15) is 29.6 Å². The summed E-state index contributed by atoms with van der Waals surface area (Å²) in [6.07, 6.45) is 4.69. The highest BCUT2D eigenvalue weighted by Gasteiger charge is 2.48. The summed E-state index contributed by atoms with van der Waals surface area (Å²) in [5.74, 6) is -0.890. The van der Waals surface area contributed by atoms with E-state index in [2.05, 4.69) is 4.98 Å². The summed E-state index contributed by atoms with van der Waals surface area (Å²) in [5, 5.41) is 0. The number of carbonyl (C=O) groups is 1. The number of likely N-dealkylation sites (tertiary alicyclic amines) is 1. The third-order valence-corrected chi connectivity index (χ3v) is 6.72. The van der Waals surface area contributed by atoms with Crippen LogP contribution in [0.2, 0.25) is 0 Å². The molecule has 0 unspecified atom stereocenters. The summed E-state index contributed by atoms with van der Waals surface area (Å²) in [5.41, 5.74) is 0.155. The van der Waals surface area contributed by atoms with Crippen molar-refractivity contribution in [1.82, 2.24) is 14.2 Å². The van der Waals surface area contributed by atoms with Gasteiger partial charge in [0.2, 0.25) is 16.0 Å². The minimum atomic E-state index is -3.30. The topological polar surface area (TPSA) is 79.8 Å². The molecule has 2 fully saturated rings. The van der Waals surface area contributed by atoms with Crippen molar-refractivity contribution in [3.05, 3.63) is 29.8 Å². The number of methoxy groups -OCH3 is 1. The lowest BCUT2D eigenvalue weighted by Crippen LogP contribution is -2.44. The Balaban J connectivity index is 1.69. The van der Waals surface area contributed by atoms with Crippen LogP contribution >= 0.6 is 0 Å². The molecule has 9 heteroatoms. The van der Waals surface area contributed by atoms with Crippen molar-refractivity contribution in [2.45, 2.75) is 25.3 Å². The number of hydrogen-bond acceptors (Lipinski definition) is 5. The van der Waals surface area contributed by atoms with Gasteiger partial charge in [0.1, 0.15) is 0 Å². The smallest absolute Gasteiger partial charge is 0.254 e. The molecule has 2 saturated heterocycles. The fourth-order valence-corrected chi connectivity index (χ4v) is 5.30. The van der Waals surface area contributed by atoms with E-state index in [0.29, 0.717) is 26.2 Å². The zero-order chi connectivity index (χ0) is 18.9. The average Bonchev–Trinajstić information content (AvgIpc) is 2.94. The second kappa shape index (κ2) is 7.21. The first-order chi connectivity index (χ1) is 12.2. The number of ether oxygens (including phenoxy) is 1. The number of aromatic nitrogens is 1. The fourth-order valence-electron chi connectivity index (χ4n) is 4.11. The molecule has 3 heterocycles. The zero-order valence-electron chi connectivity index (χ0n) is 15.0. The van der Waals surface area contributed by atoms with E-state index in [1.807, 2.05) is 0 Å². The third kappa shape index (κ3) is 3.89. The van der Waals surface area contributed by atoms with Crippen LogP contribution in [0, 0.1) is 11.4 Å². The third-order valence-electron chi connectivity index (χ3n) is 5.44. The maximum Gasteiger partial charge on any atom is 0.254 e. The van der Waals surface area contributed by atoms with Gasteiger partial charge in [0.25, 0.3) is 5.91 Å². The highest BCUT2D eigenvalue weighted by molar-refractivity contribution is 7.88. The molecule has 26 heavy (non-hydrogen) atoms. The Kier molecular flexibility index (Phi) is 5.32. The number of pyridine rings is 1. The van der Waals surface area contributed by atoms with Gasteiger partial charge in [-0.3, -0.25) is 4.79 Å². The molecular weight excluding hydrogens is 361 g/mol. The maximum absolute atomic E-state index is 13.2. The first kappa shape index (κ1) is 19.2. The number of carbonyl (C=O) groups excluding carboxylic acids is 1. The van der Waals surface area contributed by atoms with Gasteiger partial charge < -0.3 is 9.64 Å². The van der Waals surface area contributed by atoms with Crippen molar-refractivity contribution >= 4 is 15.9 Å². The highest BCUT2D eigenvalue weighted by atomic mass is 32.2. The lowest BCUT2D eigenvalue weighted by atomic mass is 9.76. The lowest BCUT2D eigenvalue weighted by molar-refractivity contribution is 0.0594. The minimum Gasteiger partial charge on any atom is -0.383 e. The Morgan fingerprint density at radius 2 is 2.12 bits per heavy atom. The first-order valence-electron chi connectivity index (χ1n) is 8.61. The molecular formula is C17H24FN3O4S. The van der Waals surface area contributed by atoms with Gasteiger partial charge in [0, 0.05) is 50.6 Å². The molecule has 2 aliphatic heterocycles. The van der Waals surface area contributed by atoms with Crippen LogP contribution in [0.5, 0.6) is 0 Å². The molecule has 144 valence electrons. The number of sulfonamides is 1. The molecule has 0 radical (unpaired) electrons. The fraction of sp³-hybridized carbons (Fsp3) is 0.647. The quantitative estimate of drug-likeness (QED) is 0.726. The van der Waals surface area contributed by atoms with Crippen LogP contribution in [0.25, 0.3) is 0 Å². The van der Waals surface area contributed by atoms with Crippen LogP contribution in [0.15, 0.2) is 18.3 Å². The average molecular weight is 385 g/mol. The summed E-state index contributed by atoms with van der Waals surface area (Å²) in [4.78, 5) is 17.7. The van der Waals surface area contributed by atoms with Crippen LogP contribution in [0.4, 0.5) is 4.39 Å². The van der Waals surface area contributed by atoms with E-state index >= 15 is 0 Å². The molecule has 1 amide bonds. The van der Waals surface area contributed by atoms with Crippen molar-refractivity contribution in [3.63, 3.8) is 0 Å². The number of nitrogens with zero attached hydrogens (tertiary/aromatic N) is 3. The monoisotopic (exact) mass is 385 g/mol. The van der Waals surface area contributed by atoms with Gasteiger partial charge >= 0.3 is 0 Å². The first-order valence-corrected chi connectivity index (χ1v) is 10.5. The van der Waals surface area contributed by atoms with Gasteiger partial charge in [0.15, 0.2) is 0 Å². The van der Waals surface area contributed by atoms with Gasteiger partial charge in [-0.1, -0.05) is 0 Å². The molecule has 0 aromatic carbocycles. The van der Waals surface area contributed by atoms with Crippen LogP contribution in [0.3, 0.4) is 0 Å². The molecule has 2 aliphatic rings. The predicted molar refractivity (Wildman–Crippen MR) is 93.6 cm³/mol. The number of piperidine rings is 1. The number of halogens is 1. The maximum atomic E-state index is 13.2. The van der Waals surface area contributed by atoms with E-state index in [4.69, 9.17) is 4.74 Å². The Bertz CT molecular complexity index is 778. The number of hydrogen-bond donors (Lipinski definition) is 0. The molecule has 7 nitrogen and oxygen atoms in total. The normalized spacial score (nSPS) is 23.5. The Morgan fingerprint density at radius 1 is 1.42 bits per heavy atom. The van der Waals surface area contributed by atoms with E-state index in [-0.39, 0.29) is 22.9 Å². The molecule has 1 spiro atoms. The van der Waals surface area contributed by atoms with Gasteiger partial charge in [-0.05, 0) is 30.7 Å². The Labute approximate surface area is 153 Å². The summed E-state index contributed by atoms with van der Waals surface area (Å²) in [7, 11) is -1.73. The molecule has 0 aliphatic carbocycles. The second-order valence-corrected chi connectivity index (χ2v) is 9.22. The van der Waals surface area contributed by atoms with Crippen molar-refractivity contribution < 1.29 is 22.3 Å². The summed E-state index contributed by atoms with van der Waals surface area (Å²) in [6.45, 7) is 1.89. The van der Waals surface area contributed by atoms with Crippen LogP contribution in [-0.2, 0) is 14.8 Å².